The second kappa shape index (κ2) is 3.67. The lowest BCUT2D eigenvalue weighted by Crippen LogP contribution is -2.08. The van der Waals surface area contributed by atoms with Crippen LogP contribution in [-0.2, 0) is 6.54 Å². The van der Waals surface area contributed by atoms with Gasteiger partial charge in [-0.1, -0.05) is 0 Å². The van der Waals surface area contributed by atoms with Crippen LogP contribution in [0.1, 0.15) is 11.5 Å². The molecule has 0 radical (unpaired) electrons. The van der Waals surface area contributed by atoms with Crippen LogP contribution in [0.3, 0.4) is 0 Å². The molecule has 3 aromatic heterocycles. The van der Waals surface area contributed by atoms with Gasteiger partial charge < -0.3 is 5.73 Å². The molecule has 0 fully saturated rings. The van der Waals surface area contributed by atoms with Crippen molar-refractivity contribution in [2.75, 3.05) is 0 Å². The molecule has 0 spiro atoms. The van der Waals surface area contributed by atoms with Gasteiger partial charge in [0.25, 0.3) is 0 Å². The predicted octanol–water partition coefficient (Wildman–Crippen LogP) is 0.682. The van der Waals surface area contributed by atoms with Gasteiger partial charge in [-0.3, -0.25) is 4.57 Å². The molecule has 0 unspecified atom stereocenters. The zero-order chi connectivity index (χ0) is 11.8. The smallest absolute Gasteiger partial charge is 0.164 e. The Morgan fingerprint density at radius 1 is 1.24 bits per heavy atom. The second-order valence-corrected chi connectivity index (χ2v) is 3.78. The van der Waals surface area contributed by atoms with E-state index in [2.05, 4.69) is 15.1 Å². The van der Waals surface area contributed by atoms with E-state index < -0.39 is 0 Å². The topological polar surface area (TPSA) is 74.0 Å². The molecule has 0 atom stereocenters. The molecule has 6 heteroatoms. The molecule has 0 aliphatic rings. The van der Waals surface area contributed by atoms with E-state index in [0.29, 0.717) is 6.54 Å². The predicted molar refractivity (Wildman–Crippen MR) is 62.7 cm³/mol. The molecular formula is C11H12N6. The number of aromatic nitrogens is 5. The maximum absolute atomic E-state index is 5.65. The van der Waals surface area contributed by atoms with Gasteiger partial charge in [-0.05, 0) is 13.0 Å². The number of aryl methyl sites for hydroxylation is 1. The first-order valence-corrected chi connectivity index (χ1v) is 5.33. The van der Waals surface area contributed by atoms with Crippen molar-refractivity contribution in [1.29, 1.82) is 0 Å². The first-order valence-electron chi connectivity index (χ1n) is 5.33. The first-order chi connectivity index (χ1) is 8.29. The van der Waals surface area contributed by atoms with E-state index in [1.807, 2.05) is 30.0 Å². The van der Waals surface area contributed by atoms with E-state index in [1.54, 1.807) is 16.9 Å². The zero-order valence-electron chi connectivity index (χ0n) is 9.41. The molecule has 0 aliphatic heterocycles. The van der Waals surface area contributed by atoms with Crippen LogP contribution in [-0.4, -0.2) is 24.1 Å². The monoisotopic (exact) mass is 228 g/mol. The first kappa shape index (κ1) is 9.98. The SMILES string of the molecule is Cc1cc2c(-n3ccnc3CN)nccn2n1. The Bertz CT molecular complexity index is 665. The summed E-state index contributed by atoms with van der Waals surface area (Å²) in [5.41, 5.74) is 7.54. The van der Waals surface area contributed by atoms with Gasteiger partial charge in [0.15, 0.2) is 5.82 Å². The van der Waals surface area contributed by atoms with Crippen LogP contribution in [0.4, 0.5) is 0 Å². The standard InChI is InChI=1S/C11H12N6/c1-8-6-9-11(14-3-5-17(9)15-8)16-4-2-13-10(16)7-12/h2-6H,7,12H2,1H3. The van der Waals surface area contributed by atoms with E-state index in [0.717, 1.165) is 22.9 Å². The molecule has 6 nitrogen and oxygen atoms in total. The molecule has 17 heavy (non-hydrogen) atoms. The van der Waals surface area contributed by atoms with Crippen LogP contribution in [0.2, 0.25) is 0 Å². The minimum atomic E-state index is 0.378. The summed E-state index contributed by atoms with van der Waals surface area (Å²) < 4.78 is 3.69. The number of fused-ring (bicyclic) bond motifs is 1. The third kappa shape index (κ3) is 1.50. The number of hydrogen-bond acceptors (Lipinski definition) is 4. The van der Waals surface area contributed by atoms with Crippen LogP contribution in [0.25, 0.3) is 11.3 Å². The Labute approximate surface area is 97.7 Å². The summed E-state index contributed by atoms with van der Waals surface area (Å²) in [7, 11) is 0. The van der Waals surface area contributed by atoms with E-state index in [-0.39, 0.29) is 0 Å². The highest BCUT2D eigenvalue weighted by molar-refractivity contribution is 5.61. The molecule has 3 heterocycles. The highest BCUT2D eigenvalue weighted by Gasteiger charge is 2.10. The molecule has 3 aromatic rings. The third-order valence-electron chi connectivity index (χ3n) is 2.62. The molecule has 2 N–H and O–H groups in total. The molecule has 86 valence electrons. The van der Waals surface area contributed by atoms with E-state index >= 15 is 0 Å². The maximum Gasteiger partial charge on any atom is 0.164 e. The maximum atomic E-state index is 5.65. The summed E-state index contributed by atoms with van der Waals surface area (Å²) >= 11 is 0. The fourth-order valence-corrected chi connectivity index (χ4v) is 1.89. The molecule has 0 bridgehead atoms. The summed E-state index contributed by atoms with van der Waals surface area (Å²) in [5, 5.41) is 4.35. The summed E-state index contributed by atoms with van der Waals surface area (Å²) in [4.78, 5) is 8.57. The Kier molecular flexibility index (Phi) is 2.15. The second-order valence-electron chi connectivity index (χ2n) is 3.78. The summed E-state index contributed by atoms with van der Waals surface area (Å²) in [6.07, 6.45) is 7.11. The molecule has 0 aromatic carbocycles. The largest absolute Gasteiger partial charge is 0.324 e. The molecule has 0 saturated carbocycles. The number of hydrogen-bond donors (Lipinski definition) is 1. The number of nitrogens with two attached hydrogens (primary N) is 1. The molecule has 3 rings (SSSR count). The van der Waals surface area contributed by atoms with Crippen LogP contribution < -0.4 is 5.73 Å². The normalized spacial score (nSPS) is 11.2. The van der Waals surface area contributed by atoms with Crippen LogP contribution in [0.15, 0.2) is 30.9 Å². The van der Waals surface area contributed by atoms with Crippen LogP contribution in [0, 0.1) is 6.92 Å². The van der Waals surface area contributed by atoms with Crippen molar-refractivity contribution in [1.82, 2.24) is 24.1 Å². The van der Waals surface area contributed by atoms with Crippen molar-refractivity contribution in [3.8, 4) is 5.82 Å². The number of nitrogens with zero attached hydrogens (tertiary/aromatic N) is 5. The highest BCUT2D eigenvalue weighted by atomic mass is 15.3. The Hall–Kier alpha value is -2.21. The van der Waals surface area contributed by atoms with E-state index in [4.69, 9.17) is 5.73 Å². The van der Waals surface area contributed by atoms with Gasteiger partial charge in [-0.2, -0.15) is 5.10 Å². The lowest BCUT2D eigenvalue weighted by atomic mass is 10.4. The zero-order valence-corrected chi connectivity index (χ0v) is 9.41. The average molecular weight is 228 g/mol. The van der Waals surface area contributed by atoms with Gasteiger partial charge in [0, 0.05) is 24.8 Å². The van der Waals surface area contributed by atoms with Crippen LogP contribution in [0.5, 0.6) is 0 Å². The van der Waals surface area contributed by atoms with Gasteiger partial charge in [0.2, 0.25) is 0 Å². The Balaban J connectivity index is 2.30. The summed E-state index contributed by atoms with van der Waals surface area (Å²) in [5.74, 6) is 1.58. The van der Waals surface area contributed by atoms with Gasteiger partial charge in [0.05, 0.1) is 12.2 Å². The molecule has 0 amide bonds. The van der Waals surface area contributed by atoms with E-state index in [1.165, 1.54) is 0 Å². The summed E-state index contributed by atoms with van der Waals surface area (Å²) in [6.45, 7) is 2.33. The number of imidazole rings is 1. The molecule has 0 aliphatic carbocycles. The Morgan fingerprint density at radius 2 is 2.06 bits per heavy atom. The minimum Gasteiger partial charge on any atom is -0.324 e. The average Bonchev–Trinajstić information content (AvgIpc) is 2.92. The fraction of sp³-hybridized carbons (Fsp3) is 0.182. The summed E-state index contributed by atoms with van der Waals surface area (Å²) in [6, 6.07) is 1.99. The van der Waals surface area contributed by atoms with Crippen molar-refractivity contribution in [3.63, 3.8) is 0 Å². The van der Waals surface area contributed by atoms with Crippen molar-refractivity contribution in [2.24, 2.45) is 5.73 Å². The minimum absolute atomic E-state index is 0.378. The van der Waals surface area contributed by atoms with Crippen LogP contribution >= 0.6 is 0 Å². The quantitative estimate of drug-likeness (QED) is 0.700. The van der Waals surface area contributed by atoms with Crippen molar-refractivity contribution >= 4 is 5.52 Å². The van der Waals surface area contributed by atoms with E-state index in [9.17, 15) is 0 Å². The highest BCUT2D eigenvalue weighted by Crippen LogP contribution is 2.15. The van der Waals surface area contributed by atoms with Gasteiger partial charge in [0.1, 0.15) is 11.3 Å². The lowest BCUT2D eigenvalue weighted by Gasteiger charge is -2.06. The van der Waals surface area contributed by atoms with Crippen molar-refractivity contribution < 1.29 is 0 Å². The fourth-order valence-electron chi connectivity index (χ4n) is 1.89. The van der Waals surface area contributed by atoms with Crippen molar-refractivity contribution in [2.45, 2.75) is 13.5 Å². The van der Waals surface area contributed by atoms with Gasteiger partial charge in [-0.15, -0.1) is 0 Å². The molecular weight excluding hydrogens is 216 g/mol. The lowest BCUT2D eigenvalue weighted by molar-refractivity contribution is 0.836. The Morgan fingerprint density at radius 3 is 2.88 bits per heavy atom. The molecule has 0 saturated heterocycles. The van der Waals surface area contributed by atoms with Crippen molar-refractivity contribution in [3.05, 3.63) is 42.4 Å². The number of rotatable bonds is 2. The third-order valence-corrected chi connectivity index (χ3v) is 2.62. The van der Waals surface area contributed by atoms with Gasteiger partial charge in [-0.25, -0.2) is 14.5 Å². The van der Waals surface area contributed by atoms with Gasteiger partial charge >= 0.3 is 0 Å².